The molecule has 1 aromatic heterocycles. The standard InChI is InChI=1S/C20H28N2O3S/c1-7-8-9-14-13-22(20(2,3)4)26-19(14)21-18(23)16-12-15(24-5)10-11-17(16)25-6/h10-13H,7-9H2,1-6H3. The van der Waals surface area contributed by atoms with Crippen LogP contribution in [0.2, 0.25) is 0 Å². The third-order valence-corrected chi connectivity index (χ3v) is 5.41. The zero-order chi connectivity index (χ0) is 19.3. The van der Waals surface area contributed by atoms with E-state index in [2.05, 4.69) is 42.8 Å². The van der Waals surface area contributed by atoms with Gasteiger partial charge in [-0.3, -0.25) is 8.75 Å². The van der Waals surface area contributed by atoms with Crippen molar-refractivity contribution < 1.29 is 14.3 Å². The molecule has 6 heteroatoms. The van der Waals surface area contributed by atoms with Crippen molar-refractivity contribution in [3.05, 3.63) is 40.2 Å². The van der Waals surface area contributed by atoms with E-state index >= 15 is 0 Å². The summed E-state index contributed by atoms with van der Waals surface area (Å²) in [5.41, 5.74) is 1.47. The van der Waals surface area contributed by atoms with Crippen molar-refractivity contribution in [1.29, 1.82) is 0 Å². The number of nitrogens with zero attached hydrogens (tertiary/aromatic N) is 2. The molecular formula is C20H28N2O3S. The van der Waals surface area contributed by atoms with Crippen LogP contribution in [0.5, 0.6) is 11.5 Å². The van der Waals surface area contributed by atoms with Crippen LogP contribution >= 0.6 is 11.5 Å². The predicted molar refractivity (Wildman–Crippen MR) is 105 cm³/mol. The van der Waals surface area contributed by atoms with E-state index in [9.17, 15) is 4.79 Å². The lowest BCUT2D eigenvalue weighted by atomic mass is 10.1. The molecule has 0 atom stereocenters. The molecule has 0 aliphatic heterocycles. The Morgan fingerprint density at radius 3 is 2.54 bits per heavy atom. The molecule has 0 unspecified atom stereocenters. The van der Waals surface area contributed by atoms with Crippen LogP contribution in [0, 0.1) is 0 Å². The molecule has 0 saturated heterocycles. The molecule has 142 valence electrons. The third kappa shape index (κ3) is 4.75. The van der Waals surface area contributed by atoms with E-state index in [1.165, 1.54) is 11.5 Å². The molecule has 1 heterocycles. The van der Waals surface area contributed by atoms with Crippen LogP contribution in [0.15, 0.2) is 29.4 Å². The largest absolute Gasteiger partial charge is 0.497 e. The molecule has 2 rings (SSSR count). The van der Waals surface area contributed by atoms with E-state index in [4.69, 9.17) is 9.47 Å². The van der Waals surface area contributed by atoms with Gasteiger partial charge in [-0.2, -0.15) is 4.99 Å². The highest BCUT2D eigenvalue weighted by molar-refractivity contribution is 7.04. The summed E-state index contributed by atoms with van der Waals surface area (Å²) in [6.45, 7) is 8.59. The molecule has 26 heavy (non-hydrogen) atoms. The van der Waals surface area contributed by atoms with Crippen molar-refractivity contribution in [1.82, 2.24) is 3.96 Å². The highest BCUT2D eigenvalue weighted by atomic mass is 32.1. The first-order valence-electron chi connectivity index (χ1n) is 8.83. The van der Waals surface area contributed by atoms with Gasteiger partial charge in [0.25, 0.3) is 5.91 Å². The third-order valence-electron chi connectivity index (χ3n) is 4.03. The SMILES string of the molecule is CCCCc1cn(C(C)(C)C)sc1=NC(=O)c1cc(OC)ccc1OC. The van der Waals surface area contributed by atoms with Gasteiger partial charge in [-0.25, -0.2) is 0 Å². The fraction of sp³-hybridized carbons (Fsp3) is 0.500. The molecule has 0 aliphatic carbocycles. The van der Waals surface area contributed by atoms with Crippen LogP contribution < -0.4 is 14.1 Å². The maximum Gasteiger partial charge on any atom is 0.282 e. The van der Waals surface area contributed by atoms with Gasteiger partial charge >= 0.3 is 0 Å². The number of ether oxygens (including phenoxy) is 2. The summed E-state index contributed by atoms with van der Waals surface area (Å²) in [5, 5.41) is 0. The van der Waals surface area contributed by atoms with Gasteiger partial charge in [-0.1, -0.05) is 13.3 Å². The van der Waals surface area contributed by atoms with E-state index in [1.807, 2.05) is 0 Å². The maximum absolute atomic E-state index is 12.8. The minimum absolute atomic E-state index is 0.0455. The number of hydrogen-bond donors (Lipinski definition) is 0. The van der Waals surface area contributed by atoms with Gasteiger partial charge in [0.15, 0.2) is 0 Å². The van der Waals surface area contributed by atoms with Crippen molar-refractivity contribution in [2.45, 2.75) is 52.5 Å². The normalized spacial score (nSPS) is 12.3. The molecule has 1 aromatic carbocycles. The topological polar surface area (TPSA) is 52.8 Å². The lowest BCUT2D eigenvalue weighted by molar-refractivity contribution is 0.0995. The summed E-state index contributed by atoms with van der Waals surface area (Å²) in [7, 11) is 3.12. The van der Waals surface area contributed by atoms with Crippen molar-refractivity contribution in [2.24, 2.45) is 4.99 Å². The first-order valence-corrected chi connectivity index (χ1v) is 9.61. The summed E-state index contributed by atoms with van der Waals surface area (Å²) in [6, 6.07) is 5.16. The van der Waals surface area contributed by atoms with Gasteiger partial charge in [-0.05, 0) is 63.3 Å². The second kappa shape index (κ2) is 8.54. The summed E-state index contributed by atoms with van der Waals surface area (Å²) < 4.78 is 13.5. The Morgan fingerprint density at radius 2 is 1.96 bits per heavy atom. The van der Waals surface area contributed by atoms with Crippen LogP contribution in [0.4, 0.5) is 0 Å². The van der Waals surface area contributed by atoms with Crippen molar-refractivity contribution in [2.75, 3.05) is 14.2 Å². The van der Waals surface area contributed by atoms with E-state index in [0.717, 1.165) is 29.5 Å². The average Bonchev–Trinajstić information content (AvgIpc) is 3.02. The van der Waals surface area contributed by atoms with Crippen LogP contribution in [-0.2, 0) is 12.0 Å². The molecule has 0 bridgehead atoms. The number of carbonyl (C=O) groups excluding carboxylic acids is 1. The molecule has 5 nitrogen and oxygen atoms in total. The Bertz CT molecular complexity index is 828. The van der Waals surface area contributed by atoms with Crippen molar-refractivity contribution in [3.8, 4) is 11.5 Å². The quantitative estimate of drug-likeness (QED) is 0.750. The number of aryl methyl sites for hydroxylation is 1. The predicted octanol–water partition coefficient (Wildman–Crippen LogP) is 4.41. The number of methoxy groups -OCH3 is 2. The number of carbonyl (C=O) groups is 1. The summed E-state index contributed by atoms with van der Waals surface area (Å²) in [6.07, 6.45) is 5.20. The summed E-state index contributed by atoms with van der Waals surface area (Å²) in [4.78, 5) is 17.3. The second-order valence-corrected chi connectivity index (χ2v) is 8.10. The van der Waals surface area contributed by atoms with Gasteiger partial charge in [0.2, 0.25) is 0 Å². The fourth-order valence-electron chi connectivity index (χ4n) is 2.47. The fourth-order valence-corrected chi connectivity index (χ4v) is 3.51. The van der Waals surface area contributed by atoms with Gasteiger partial charge in [0.1, 0.15) is 16.2 Å². The van der Waals surface area contributed by atoms with E-state index in [1.54, 1.807) is 32.4 Å². The number of unbranched alkanes of at least 4 members (excludes halogenated alkanes) is 1. The molecule has 1 amide bonds. The minimum atomic E-state index is -0.318. The molecular weight excluding hydrogens is 348 g/mol. The highest BCUT2D eigenvalue weighted by Crippen LogP contribution is 2.25. The monoisotopic (exact) mass is 376 g/mol. The Kier molecular flexibility index (Phi) is 6.64. The zero-order valence-electron chi connectivity index (χ0n) is 16.5. The first-order chi connectivity index (χ1) is 12.3. The molecule has 2 aromatic rings. The van der Waals surface area contributed by atoms with Crippen molar-refractivity contribution >= 4 is 17.4 Å². The average molecular weight is 377 g/mol. The second-order valence-electron chi connectivity index (χ2n) is 7.13. The number of rotatable bonds is 6. The number of hydrogen-bond acceptors (Lipinski definition) is 4. The van der Waals surface area contributed by atoms with Crippen LogP contribution in [0.3, 0.4) is 0 Å². The Hall–Kier alpha value is -2.08. The Balaban J connectivity index is 2.51. The van der Waals surface area contributed by atoms with Crippen LogP contribution in [0.1, 0.15) is 56.5 Å². The number of amides is 1. The molecule has 0 aliphatic rings. The minimum Gasteiger partial charge on any atom is -0.497 e. The van der Waals surface area contributed by atoms with Crippen molar-refractivity contribution in [3.63, 3.8) is 0 Å². The molecule has 0 fully saturated rings. The van der Waals surface area contributed by atoms with Gasteiger partial charge < -0.3 is 9.47 Å². The first kappa shape index (κ1) is 20.2. The molecule has 0 N–H and O–H groups in total. The van der Waals surface area contributed by atoms with Gasteiger partial charge in [0, 0.05) is 17.3 Å². The Morgan fingerprint density at radius 1 is 1.23 bits per heavy atom. The smallest absolute Gasteiger partial charge is 0.282 e. The lowest BCUT2D eigenvalue weighted by Crippen LogP contribution is -2.18. The zero-order valence-corrected chi connectivity index (χ0v) is 17.3. The summed E-state index contributed by atoms with van der Waals surface area (Å²) >= 11 is 1.52. The molecule has 0 saturated carbocycles. The van der Waals surface area contributed by atoms with Crippen LogP contribution in [-0.4, -0.2) is 24.1 Å². The molecule has 0 spiro atoms. The lowest BCUT2D eigenvalue weighted by Gasteiger charge is -2.19. The maximum atomic E-state index is 12.8. The number of aromatic nitrogens is 1. The van der Waals surface area contributed by atoms with Crippen LogP contribution in [0.25, 0.3) is 0 Å². The van der Waals surface area contributed by atoms with Gasteiger partial charge in [0.05, 0.1) is 19.8 Å². The molecule has 0 radical (unpaired) electrons. The van der Waals surface area contributed by atoms with E-state index < -0.39 is 0 Å². The highest BCUT2D eigenvalue weighted by Gasteiger charge is 2.17. The van der Waals surface area contributed by atoms with E-state index in [0.29, 0.717) is 17.1 Å². The Labute approximate surface area is 159 Å². The van der Waals surface area contributed by atoms with Gasteiger partial charge in [-0.15, -0.1) is 0 Å². The summed E-state index contributed by atoms with van der Waals surface area (Å²) in [5.74, 6) is 0.780. The van der Waals surface area contributed by atoms with E-state index in [-0.39, 0.29) is 11.4 Å². The number of benzene rings is 1.